The van der Waals surface area contributed by atoms with Gasteiger partial charge in [-0.15, -0.1) is 0 Å². The van der Waals surface area contributed by atoms with Crippen molar-refractivity contribution in [3.8, 4) is 34.1 Å². The van der Waals surface area contributed by atoms with Gasteiger partial charge in [0.25, 0.3) is 0 Å². The number of benzene rings is 7. The molecular formula is C50H33N5. The molecule has 1 unspecified atom stereocenters. The normalized spacial score (nSPS) is 14.0. The summed E-state index contributed by atoms with van der Waals surface area (Å²) in [6.07, 6.45) is 2.16. The maximum atomic E-state index is 9.33. The van der Waals surface area contributed by atoms with Gasteiger partial charge in [0, 0.05) is 38.7 Å². The summed E-state index contributed by atoms with van der Waals surface area (Å²) in [5.74, 6) is 0.815. The Morgan fingerprint density at radius 3 is 1.87 bits per heavy atom. The van der Waals surface area contributed by atoms with E-state index in [1.807, 2.05) is 42.5 Å². The van der Waals surface area contributed by atoms with E-state index in [1.165, 1.54) is 10.8 Å². The monoisotopic (exact) mass is 703 g/mol. The molecule has 0 amide bonds. The van der Waals surface area contributed by atoms with Gasteiger partial charge in [0.15, 0.2) is 0 Å². The maximum absolute atomic E-state index is 9.33. The molecule has 0 radical (unpaired) electrons. The second-order valence-corrected chi connectivity index (χ2v) is 13.8. The molecule has 0 bridgehead atoms. The van der Waals surface area contributed by atoms with Crippen LogP contribution in [0, 0.1) is 11.3 Å². The van der Waals surface area contributed by atoms with Crippen LogP contribution in [-0.2, 0) is 0 Å². The first-order valence-electron chi connectivity index (χ1n) is 18.4. The molecule has 9 aromatic rings. The molecule has 7 aromatic carbocycles. The Morgan fingerprint density at radius 2 is 1.15 bits per heavy atom. The summed E-state index contributed by atoms with van der Waals surface area (Å²) in [6.45, 7) is 0. The molecule has 1 aliphatic rings. The Kier molecular flexibility index (Phi) is 7.86. The minimum atomic E-state index is -0.184. The SMILES string of the molecule is N#Cc1ccc(C2=CC(c3ccc(-c4ccc(-c5nc6ccccc6c6c7ccccc7n(-c7ccccc7)c56)cc4)cc3)N=C(c3ccccc3)N2)cc1. The Bertz CT molecular complexity index is 2970. The number of pyridine rings is 1. The third-order valence-electron chi connectivity index (χ3n) is 10.5. The quantitative estimate of drug-likeness (QED) is 0.187. The van der Waals surface area contributed by atoms with Crippen molar-refractivity contribution < 1.29 is 0 Å². The van der Waals surface area contributed by atoms with E-state index in [0.29, 0.717) is 5.56 Å². The highest BCUT2D eigenvalue weighted by molar-refractivity contribution is 6.23. The second-order valence-electron chi connectivity index (χ2n) is 13.8. The molecule has 3 heterocycles. The fourth-order valence-electron chi connectivity index (χ4n) is 7.77. The molecule has 5 nitrogen and oxygen atoms in total. The molecule has 1 atom stereocenters. The topological polar surface area (TPSA) is 66.0 Å². The third kappa shape index (κ3) is 5.74. The lowest BCUT2D eigenvalue weighted by Crippen LogP contribution is -2.27. The number of nitriles is 1. The van der Waals surface area contributed by atoms with Crippen LogP contribution in [0.5, 0.6) is 0 Å². The predicted molar refractivity (Wildman–Crippen MR) is 225 cm³/mol. The zero-order valence-electron chi connectivity index (χ0n) is 29.8. The largest absolute Gasteiger partial charge is 0.340 e. The average Bonchev–Trinajstić information content (AvgIpc) is 3.62. The zero-order chi connectivity index (χ0) is 36.7. The third-order valence-corrected chi connectivity index (χ3v) is 10.5. The van der Waals surface area contributed by atoms with Crippen LogP contribution in [0.2, 0.25) is 0 Å². The van der Waals surface area contributed by atoms with E-state index >= 15 is 0 Å². The Morgan fingerprint density at radius 1 is 0.545 bits per heavy atom. The fraction of sp³-hybridized carbons (Fsp3) is 0.0200. The summed E-state index contributed by atoms with van der Waals surface area (Å²) in [6, 6.07) is 65.1. The highest BCUT2D eigenvalue weighted by Gasteiger charge is 2.22. The standard InChI is InChI=1S/C50H33N5/c51-32-33-19-21-36(22-20-33)44-31-45(54-50(53-44)39-11-3-1-4-12-39)37-27-23-34(24-28-37)35-25-29-38(30-26-35)48-49-47(41-15-7-9-17-43(41)52-48)42-16-8-10-18-46(42)55(49)40-13-5-2-6-14-40/h1-31,45H,(H,53,54). The van der Waals surface area contributed by atoms with Crippen molar-refractivity contribution in [1.82, 2.24) is 14.9 Å². The van der Waals surface area contributed by atoms with Crippen LogP contribution in [0.15, 0.2) is 193 Å². The lowest BCUT2D eigenvalue weighted by Gasteiger charge is -2.23. The first-order chi connectivity index (χ1) is 27.2. The molecule has 0 aliphatic carbocycles. The van der Waals surface area contributed by atoms with Crippen LogP contribution in [0.25, 0.3) is 66.5 Å². The number of nitrogens with one attached hydrogen (secondary N) is 1. The number of fused-ring (bicyclic) bond motifs is 5. The molecule has 2 aromatic heterocycles. The number of hydrogen-bond donors (Lipinski definition) is 1. The Balaban J connectivity index is 1.03. The van der Waals surface area contributed by atoms with Crippen molar-refractivity contribution in [3.05, 3.63) is 210 Å². The van der Waals surface area contributed by atoms with Crippen molar-refractivity contribution >= 4 is 44.2 Å². The van der Waals surface area contributed by atoms with E-state index in [0.717, 1.165) is 78.2 Å². The van der Waals surface area contributed by atoms with E-state index in [2.05, 4.69) is 162 Å². The minimum absolute atomic E-state index is 0.184. The van der Waals surface area contributed by atoms with Gasteiger partial charge in [-0.3, -0.25) is 4.99 Å². The van der Waals surface area contributed by atoms with Gasteiger partial charge in [-0.2, -0.15) is 5.26 Å². The van der Waals surface area contributed by atoms with Gasteiger partial charge >= 0.3 is 0 Å². The molecule has 0 fully saturated rings. The number of aromatic nitrogens is 2. The van der Waals surface area contributed by atoms with Crippen molar-refractivity contribution in [3.63, 3.8) is 0 Å². The fourth-order valence-corrected chi connectivity index (χ4v) is 7.77. The zero-order valence-corrected chi connectivity index (χ0v) is 29.8. The van der Waals surface area contributed by atoms with Gasteiger partial charge in [0.1, 0.15) is 5.84 Å². The van der Waals surface area contributed by atoms with Crippen LogP contribution in [0.3, 0.4) is 0 Å². The Labute approximate surface area is 318 Å². The van der Waals surface area contributed by atoms with Crippen LogP contribution in [-0.4, -0.2) is 15.4 Å². The summed E-state index contributed by atoms with van der Waals surface area (Å²) in [5.41, 5.74) is 13.3. The molecule has 0 saturated heterocycles. The maximum Gasteiger partial charge on any atom is 0.133 e. The van der Waals surface area contributed by atoms with Crippen LogP contribution >= 0.6 is 0 Å². The van der Waals surface area contributed by atoms with Crippen LogP contribution in [0.1, 0.15) is 28.3 Å². The summed E-state index contributed by atoms with van der Waals surface area (Å²) < 4.78 is 2.36. The average molecular weight is 704 g/mol. The number of hydrogen-bond acceptors (Lipinski definition) is 4. The number of amidine groups is 1. The number of aliphatic imine (C=N–C) groups is 1. The number of para-hydroxylation sites is 3. The molecule has 0 spiro atoms. The van der Waals surface area contributed by atoms with Crippen molar-refractivity contribution in [2.45, 2.75) is 6.04 Å². The van der Waals surface area contributed by atoms with Gasteiger partial charge in [0.2, 0.25) is 0 Å². The van der Waals surface area contributed by atoms with Crippen LogP contribution < -0.4 is 5.32 Å². The summed E-state index contributed by atoms with van der Waals surface area (Å²) >= 11 is 0. The molecule has 0 saturated carbocycles. The van der Waals surface area contributed by atoms with Gasteiger partial charge in [-0.05, 0) is 64.7 Å². The molecule has 1 aliphatic heterocycles. The highest BCUT2D eigenvalue weighted by atomic mass is 15.0. The van der Waals surface area contributed by atoms with Crippen LogP contribution in [0.4, 0.5) is 0 Å². The summed E-state index contributed by atoms with van der Waals surface area (Å²) in [7, 11) is 0. The van der Waals surface area contributed by atoms with E-state index in [4.69, 9.17) is 9.98 Å². The van der Waals surface area contributed by atoms with Crippen molar-refractivity contribution in [2.24, 2.45) is 4.99 Å². The molecule has 5 heteroatoms. The van der Waals surface area contributed by atoms with Gasteiger partial charge in [-0.25, -0.2) is 4.98 Å². The molecular weight excluding hydrogens is 671 g/mol. The first-order valence-corrected chi connectivity index (χ1v) is 18.4. The van der Waals surface area contributed by atoms with Gasteiger partial charge in [-0.1, -0.05) is 146 Å². The second kappa shape index (κ2) is 13.5. The smallest absolute Gasteiger partial charge is 0.133 e. The first kappa shape index (κ1) is 32.1. The van der Waals surface area contributed by atoms with E-state index in [1.54, 1.807) is 0 Å². The lowest BCUT2D eigenvalue weighted by molar-refractivity contribution is 0.880. The highest BCUT2D eigenvalue weighted by Crippen LogP contribution is 2.41. The summed E-state index contributed by atoms with van der Waals surface area (Å²) in [4.78, 5) is 10.5. The van der Waals surface area contributed by atoms with Gasteiger partial charge < -0.3 is 9.88 Å². The van der Waals surface area contributed by atoms with Gasteiger partial charge in [0.05, 0.1) is 39.9 Å². The van der Waals surface area contributed by atoms with E-state index in [9.17, 15) is 5.26 Å². The molecule has 258 valence electrons. The minimum Gasteiger partial charge on any atom is -0.340 e. The molecule has 10 rings (SSSR count). The van der Waals surface area contributed by atoms with E-state index in [-0.39, 0.29) is 6.04 Å². The lowest BCUT2D eigenvalue weighted by atomic mass is 9.97. The predicted octanol–water partition coefficient (Wildman–Crippen LogP) is 11.7. The Hall–Kier alpha value is -7.55. The summed E-state index contributed by atoms with van der Waals surface area (Å²) in [5, 5.41) is 16.5. The van der Waals surface area contributed by atoms with E-state index < -0.39 is 0 Å². The number of nitrogens with zero attached hydrogens (tertiary/aromatic N) is 4. The molecule has 55 heavy (non-hydrogen) atoms. The molecule has 1 N–H and O–H groups in total. The van der Waals surface area contributed by atoms with Crippen molar-refractivity contribution in [1.29, 1.82) is 5.26 Å². The number of rotatable bonds is 6. The van der Waals surface area contributed by atoms with Crippen molar-refractivity contribution in [2.75, 3.05) is 0 Å².